The summed E-state index contributed by atoms with van der Waals surface area (Å²) in [5, 5.41) is 22.0. The molecule has 3 aromatic carbocycles. The smallest absolute Gasteiger partial charge is 0.269 e. The van der Waals surface area contributed by atoms with Crippen molar-refractivity contribution >= 4 is 46.4 Å². The number of halogens is 1. The summed E-state index contributed by atoms with van der Waals surface area (Å²) in [4.78, 5) is 44.6. The van der Waals surface area contributed by atoms with Gasteiger partial charge in [0, 0.05) is 35.2 Å². The third-order valence-electron chi connectivity index (χ3n) is 8.73. The van der Waals surface area contributed by atoms with E-state index in [-0.39, 0.29) is 44.0 Å². The van der Waals surface area contributed by atoms with Crippen LogP contribution in [0, 0.1) is 5.92 Å². The molecule has 6 rings (SSSR count). The topological polar surface area (TPSA) is 111 Å². The second-order valence-corrected chi connectivity index (χ2v) is 11.9. The standard InChI is InChI=1S/C34H34ClN3O6/c1-22(7-4-13-31(40)36-16-6-10-26(36)20-39)34(43)27-18-24(35)14-15-28(27)37(33(34)42)19-23-8-5-9-25(17-23)38-29-11-2-3-12-30(29)44-21-32(38)41/h2-5,7-9,11-12,14-15,17-18,22,26,39,43H,6,10,13,16,19-21H2,1H3/b7-4+/t22-,26+,34+/m1/s1. The van der Waals surface area contributed by atoms with Crippen molar-refractivity contribution in [2.24, 2.45) is 5.92 Å². The molecule has 1 saturated heterocycles. The average Bonchev–Trinajstić information content (AvgIpc) is 3.59. The van der Waals surface area contributed by atoms with E-state index in [4.69, 9.17) is 16.3 Å². The monoisotopic (exact) mass is 615 g/mol. The molecule has 44 heavy (non-hydrogen) atoms. The van der Waals surface area contributed by atoms with Crippen molar-refractivity contribution in [3.63, 3.8) is 0 Å². The second kappa shape index (κ2) is 12.1. The lowest BCUT2D eigenvalue weighted by Gasteiger charge is -2.30. The quantitative estimate of drug-likeness (QED) is 0.356. The van der Waals surface area contributed by atoms with Crippen LogP contribution in [-0.2, 0) is 26.5 Å². The maximum atomic E-state index is 14.0. The number of fused-ring (bicyclic) bond motifs is 2. The number of aliphatic hydroxyl groups excluding tert-OH is 1. The van der Waals surface area contributed by atoms with Crippen LogP contribution in [0.4, 0.5) is 17.1 Å². The number of aliphatic hydroxyl groups is 2. The molecule has 1 fully saturated rings. The summed E-state index contributed by atoms with van der Waals surface area (Å²) in [7, 11) is 0. The van der Waals surface area contributed by atoms with Gasteiger partial charge in [0.2, 0.25) is 5.91 Å². The molecule has 228 valence electrons. The van der Waals surface area contributed by atoms with Crippen LogP contribution in [0.3, 0.4) is 0 Å². The van der Waals surface area contributed by atoms with Gasteiger partial charge in [0.15, 0.2) is 12.2 Å². The lowest BCUT2D eigenvalue weighted by atomic mass is 9.83. The van der Waals surface area contributed by atoms with Gasteiger partial charge >= 0.3 is 0 Å². The van der Waals surface area contributed by atoms with Crippen LogP contribution >= 0.6 is 11.6 Å². The Labute approximate surface area is 260 Å². The van der Waals surface area contributed by atoms with Crippen molar-refractivity contribution < 1.29 is 29.3 Å². The Morgan fingerprint density at radius 1 is 1.11 bits per heavy atom. The van der Waals surface area contributed by atoms with Crippen molar-refractivity contribution in [3.05, 3.63) is 95.0 Å². The van der Waals surface area contributed by atoms with Crippen molar-refractivity contribution in [2.75, 3.05) is 29.6 Å². The fourth-order valence-electron chi connectivity index (χ4n) is 6.42. The first-order chi connectivity index (χ1) is 21.2. The molecule has 0 aromatic heterocycles. The van der Waals surface area contributed by atoms with Gasteiger partial charge < -0.3 is 24.7 Å². The van der Waals surface area contributed by atoms with E-state index in [9.17, 15) is 24.6 Å². The number of ether oxygens (including phenoxy) is 1. The Bertz CT molecular complexity index is 1640. The van der Waals surface area contributed by atoms with Crippen LogP contribution in [0.15, 0.2) is 78.9 Å². The Kier molecular flexibility index (Phi) is 8.20. The van der Waals surface area contributed by atoms with Gasteiger partial charge in [-0.2, -0.15) is 0 Å². The Hall–Kier alpha value is -4.18. The van der Waals surface area contributed by atoms with Gasteiger partial charge in [-0.1, -0.05) is 54.9 Å². The number of nitrogens with zero attached hydrogens (tertiary/aromatic N) is 3. The van der Waals surface area contributed by atoms with Crippen LogP contribution < -0.4 is 14.5 Å². The van der Waals surface area contributed by atoms with Gasteiger partial charge in [-0.05, 0) is 60.9 Å². The van der Waals surface area contributed by atoms with Gasteiger partial charge in [0.25, 0.3) is 11.8 Å². The van der Waals surface area contributed by atoms with E-state index in [0.29, 0.717) is 39.9 Å². The van der Waals surface area contributed by atoms with Crippen LogP contribution in [0.5, 0.6) is 5.75 Å². The number of hydrogen-bond acceptors (Lipinski definition) is 6. The summed E-state index contributed by atoms with van der Waals surface area (Å²) in [6.45, 7) is 2.36. The number of anilines is 3. The summed E-state index contributed by atoms with van der Waals surface area (Å²) in [5.41, 5.74) is 1.08. The van der Waals surface area contributed by atoms with E-state index in [1.807, 2.05) is 48.5 Å². The second-order valence-electron chi connectivity index (χ2n) is 11.5. The molecular weight excluding hydrogens is 582 g/mol. The molecule has 0 aliphatic carbocycles. The fourth-order valence-corrected chi connectivity index (χ4v) is 6.59. The number of benzene rings is 3. The molecular formula is C34H34ClN3O6. The molecule has 3 aliphatic rings. The molecule has 9 nitrogen and oxygen atoms in total. The lowest BCUT2D eigenvalue weighted by Crippen LogP contribution is -2.44. The summed E-state index contributed by atoms with van der Waals surface area (Å²) in [5.74, 6) is -0.868. The first-order valence-electron chi connectivity index (χ1n) is 14.8. The average molecular weight is 616 g/mol. The number of carbonyl (C=O) groups is 3. The van der Waals surface area contributed by atoms with Gasteiger partial charge in [-0.15, -0.1) is 0 Å². The summed E-state index contributed by atoms with van der Waals surface area (Å²) in [6.07, 6.45) is 5.11. The molecule has 0 unspecified atom stereocenters. The minimum Gasteiger partial charge on any atom is -0.482 e. The zero-order valence-corrected chi connectivity index (χ0v) is 25.1. The van der Waals surface area contributed by atoms with E-state index >= 15 is 0 Å². The minimum absolute atomic E-state index is 0.0631. The first-order valence-corrected chi connectivity index (χ1v) is 15.1. The van der Waals surface area contributed by atoms with Crippen LogP contribution in [0.1, 0.15) is 37.3 Å². The van der Waals surface area contributed by atoms with Crippen LogP contribution in [0.2, 0.25) is 5.02 Å². The Balaban J connectivity index is 1.25. The summed E-state index contributed by atoms with van der Waals surface area (Å²) < 4.78 is 5.59. The SMILES string of the molecule is C[C@H](/C=C/CC(=O)N1CCC[C@H]1CO)[C@@]1(O)C(=O)N(Cc2cccc(N3C(=O)COc4ccccc43)c2)c2ccc(Cl)cc21. The third kappa shape index (κ3) is 5.25. The van der Waals surface area contributed by atoms with Gasteiger partial charge in [-0.25, -0.2) is 0 Å². The molecule has 3 heterocycles. The Morgan fingerprint density at radius 3 is 2.75 bits per heavy atom. The molecule has 2 N–H and O–H groups in total. The first kappa shape index (κ1) is 29.9. The molecule has 10 heteroatoms. The van der Waals surface area contributed by atoms with Gasteiger partial charge in [0.1, 0.15) is 5.75 Å². The number of amides is 3. The number of carbonyl (C=O) groups excluding carboxylic acids is 3. The zero-order chi connectivity index (χ0) is 31.0. The highest BCUT2D eigenvalue weighted by atomic mass is 35.5. The molecule has 3 aliphatic heterocycles. The highest BCUT2D eigenvalue weighted by Gasteiger charge is 2.52. The normalized spacial score (nSPS) is 21.9. The van der Waals surface area contributed by atoms with E-state index in [0.717, 1.165) is 18.4 Å². The molecule has 0 bridgehead atoms. The number of likely N-dealkylation sites (tertiary alicyclic amines) is 1. The highest BCUT2D eigenvalue weighted by Crippen LogP contribution is 2.47. The zero-order valence-electron chi connectivity index (χ0n) is 24.4. The van der Waals surface area contributed by atoms with Crippen molar-refractivity contribution in [1.29, 1.82) is 0 Å². The van der Waals surface area contributed by atoms with E-state index in [2.05, 4.69) is 0 Å². The van der Waals surface area contributed by atoms with Gasteiger partial charge in [-0.3, -0.25) is 19.3 Å². The molecule has 3 aromatic rings. The molecule has 0 radical (unpaired) electrons. The number of para-hydroxylation sites is 2. The van der Waals surface area contributed by atoms with Crippen molar-refractivity contribution in [2.45, 2.75) is 44.4 Å². The number of hydrogen-bond donors (Lipinski definition) is 2. The van der Waals surface area contributed by atoms with Crippen molar-refractivity contribution in [1.82, 2.24) is 4.90 Å². The number of rotatable bonds is 8. The maximum absolute atomic E-state index is 14.0. The lowest BCUT2D eigenvalue weighted by molar-refractivity contribution is -0.139. The molecule has 3 amide bonds. The fraction of sp³-hybridized carbons (Fsp3) is 0.324. The third-order valence-corrected chi connectivity index (χ3v) is 8.97. The van der Waals surface area contributed by atoms with Crippen LogP contribution in [0.25, 0.3) is 0 Å². The van der Waals surface area contributed by atoms with Crippen LogP contribution in [-0.4, -0.2) is 58.6 Å². The summed E-state index contributed by atoms with van der Waals surface area (Å²) >= 11 is 6.34. The largest absolute Gasteiger partial charge is 0.482 e. The highest BCUT2D eigenvalue weighted by molar-refractivity contribution is 6.31. The predicted octanol–water partition coefficient (Wildman–Crippen LogP) is 4.70. The van der Waals surface area contributed by atoms with E-state index in [1.165, 1.54) is 4.90 Å². The molecule has 0 saturated carbocycles. The van der Waals surface area contributed by atoms with Gasteiger partial charge in [0.05, 0.1) is 30.6 Å². The summed E-state index contributed by atoms with van der Waals surface area (Å²) in [6, 6.07) is 19.6. The maximum Gasteiger partial charge on any atom is 0.269 e. The van der Waals surface area contributed by atoms with Crippen molar-refractivity contribution in [3.8, 4) is 5.75 Å². The van der Waals surface area contributed by atoms with E-state index < -0.39 is 17.4 Å². The van der Waals surface area contributed by atoms with E-state index in [1.54, 1.807) is 47.1 Å². The minimum atomic E-state index is -1.90. The molecule has 3 atom stereocenters. The predicted molar refractivity (Wildman–Crippen MR) is 167 cm³/mol. The molecule has 0 spiro atoms. The Morgan fingerprint density at radius 2 is 1.93 bits per heavy atom.